The number of benzene rings is 1. The van der Waals surface area contributed by atoms with Gasteiger partial charge in [0.05, 0.1) is 0 Å². The van der Waals surface area contributed by atoms with Crippen molar-refractivity contribution in [1.29, 1.82) is 0 Å². The molecule has 2 aliphatic rings. The topological polar surface area (TPSA) is 20.3 Å². The van der Waals surface area contributed by atoms with Gasteiger partial charge in [-0.15, -0.1) is 0 Å². The Hall–Kier alpha value is -0.860. The Kier molecular flexibility index (Phi) is 3.16. The first-order valence-corrected chi connectivity index (χ1v) is 7.01. The van der Waals surface area contributed by atoms with Crippen LogP contribution >= 0.6 is 11.6 Å². The SMILES string of the molecule is CN1C2CCC1[C@@H](C=O)[C@@H](c1ccc(Cl)cc1)C2. The second-order valence-corrected chi connectivity index (χ2v) is 6.01. The van der Waals surface area contributed by atoms with Crippen LogP contribution in [0.2, 0.25) is 5.02 Å². The van der Waals surface area contributed by atoms with Gasteiger partial charge in [-0.05, 0) is 49.9 Å². The first kappa shape index (κ1) is 12.2. The molecule has 2 nitrogen and oxygen atoms in total. The minimum atomic E-state index is 0.134. The van der Waals surface area contributed by atoms with E-state index in [2.05, 4.69) is 24.1 Å². The number of fused-ring (bicyclic) bond motifs is 2. The first-order chi connectivity index (χ1) is 8.70. The molecule has 0 spiro atoms. The highest BCUT2D eigenvalue weighted by Crippen LogP contribution is 2.45. The Morgan fingerprint density at radius 3 is 2.67 bits per heavy atom. The Labute approximate surface area is 113 Å². The smallest absolute Gasteiger partial charge is 0.125 e. The largest absolute Gasteiger partial charge is 0.303 e. The predicted molar refractivity (Wildman–Crippen MR) is 72.9 cm³/mol. The van der Waals surface area contributed by atoms with Gasteiger partial charge in [0.2, 0.25) is 0 Å². The third-order valence-corrected chi connectivity index (χ3v) is 5.04. The van der Waals surface area contributed by atoms with Crippen LogP contribution in [0.3, 0.4) is 0 Å². The molecule has 18 heavy (non-hydrogen) atoms. The average molecular weight is 264 g/mol. The van der Waals surface area contributed by atoms with Gasteiger partial charge in [0.25, 0.3) is 0 Å². The molecule has 4 atom stereocenters. The molecule has 1 aromatic rings. The van der Waals surface area contributed by atoms with Crippen molar-refractivity contribution in [2.45, 2.75) is 37.3 Å². The zero-order valence-corrected chi connectivity index (χ0v) is 11.3. The van der Waals surface area contributed by atoms with Gasteiger partial charge in [-0.1, -0.05) is 23.7 Å². The Morgan fingerprint density at radius 1 is 1.28 bits per heavy atom. The quantitative estimate of drug-likeness (QED) is 0.765. The third-order valence-electron chi connectivity index (χ3n) is 4.78. The van der Waals surface area contributed by atoms with E-state index in [0.717, 1.165) is 17.9 Å². The number of carbonyl (C=O) groups excluding carboxylic acids is 1. The molecule has 0 amide bonds. The van der Waals surface area contributed by atoms with Gasteiger partial charge in [-0.25, -0.2) is 0 Å². The van der Waals surface area contributed by atoms with Gasteiger partial charge in [0, 0.05) is 23.0 Å². The van der Waals surface area contributed by atoms with Crippen LogP contribution < -0.4 is 0 Å². The van der Waals surface area contributed by atoms with Crippen LogP contribution in [0.25, 0.3) is 0 Å². The molecule has 3 rings (SSSR count). The van der Waals surface area contributed by atoms with Crippen molar-refractivity contribution in [2.75, 3.05) is 7.05 Å². The molecule has 0 saturated carbocycles. The number of hydrogen-bond acceptors (Lipinski definition) is 2. The van der Waals surface area contributed by atoms with Gasteiger partial charge >= 0.3 is 0 Å². The summed E-state index contributed by atoms with van der Waals surface area (Å²) in [6.07, 6.45) is 4.66. The fourth-order valence-electron chi connectivity index (χ4n) is 3.76. The lowest BCUT2D eigenvalue weighted by Crippen LogP contribution is -2.46. The zero-order valence-electron chi connectivity index (χ0n) is 10.6. The molecule has 2 fully saturated rings. The predicted octanol–water partition coefficient (Wildman–Crippen LogP) is 3.11. The molecule has 0 radical (unpaired) electrons. The zero-order chi connectivity index (χ0) is 12.7. The van der Waals surface area contributed by atoms with Crippen LogP contribution in [0.1, 0.15) is 30.7 Å². The number of halogens is 1. The standard InChI is InChI=1S/C15H18ClNO/c1-17-12-6-7-15(17)14(9-18)13(8-12)10-2-4-11(16)5-3-10/h2-5,9,12-15H,6-8H2,1H3/t12?,13-,14+,15?/m1/s1. The van der Waals surface area contributed by atoms with Gasteiger partial charge in [0.15, 0.2) is 0 Å². The monoisotopic (exact) mass is 263 g/mol. The van der Waals surface area contributed by atoms with Crippen LogP contribution in [0.15, 0.2) is 24.3 Å². The van der Waals surface area contributed by atoms with Crippen molar-refractivity contribution >= 4 is 17.9 Å². The summed E-state index contributed by atoms with van der Waals surface area (Å²) >= 11 is 5.94. The molecule has 2 heterocycles. The second kappa shape index (κ2) is 4.67. The Morgan fingerprint density at radius 2 is 2.00 bits per heavy atom. The van der Waals surface area contributed by atoms with Crippen molar-refractivity contribution in [3.05, 3.63) is 34.9 Å². The molecule has 3 heteroatoms. The van der Waals surface area contributed by atoms with Crippen LogP contribution in [0.4, 0.5) is 0 Å². The molecule has 2 saturated heterocycles. The van der Waals surface area contributed by atoms with Crippen LogP contribution in [-0.2, 0) is 4.79 Å². The minimum Gasteiger partial charge on any atom is -0.303 e. The van der Waals surface area contributed by atoms with E-state index < -0.39 is 0 Å². The summed E-state index contributed by atoms with van der Waals surface area (Å²) < 4.78 is 0. The van der Waals surface area contributed by atoms with E-state index in [-0.39, 0.29) is 5.92 Å². The lowest BCUT2D eigenvalue weighted by atomic mass is 9.77. The highest BCUT2D eigenvalue weighted by Gasteiger charge is 2.45. The minimum absolute atomic E-state index is 0.134. The maximum absolute atomic E-state index is 11.5. The molecule has 2 unspecified atom stereocenters. The molecule has 2 bridgehead atoms. The number of piperidine rings is 1. The van der Waals surface area contributed by atoms with Crippen molar-refractivity contribution < 1.29 is 4.79 Å². The van der Waals surface area contributed by atoms with E-state index in [4.69, 9.17) is 11.6 Å². The lowest BCUT2D eigenvalue weighted by Gasteiger charge is -2.40. The summed E-state index contributed by atoms with van der Waals surface area (Å²) in [4.78, 5) is 13.9. The van der Waals surface area contributed by atoms with Crippen molar-refractivity contribution in [3.63, 3.8) is 0 Å². The molecule has 0 aromatic heterocycles. The van der Waals surface area contributed by atoms with E-state index in [1.165, 1.54) is 18.3 Å². The Bertz CT molecular complexity index is 444. The number of carbonyl (C=O) groups is 1. The molecule has 0 N–H and O–H groups in total. The van der Waals surface area contributed by atoms with Gasteiger partial charge in [0.1, 0.15) is 6.29 Å². The van der Waals surface area contributed by atoms with Crippen LogP contribution in [0.5, 0.6) is 0 Å². The maximum atomic E-state index is 11.5. The highest BCUT2D eigenvalue weighted by molar-refractivity contribution is 6.30. The second-order valence-electron chi connectivity index (χ2n) is 5.57. The van der Waals surface area contributed by atoms with Crippen LogP contribution in [0, 0.1) is 5.92 Å². The summed E-state index contributed by atoms with van der Waals surface area (Å²) in [7, 11) is 2.16. The summed E-state index contributed by atoms with van der Waals surface area (Å²) in [5.41, 5.74) is 1.27. The lowest BCUT2D eigenvalue weighted by molar-refractivity contribution is -0.114. The molecule has 1 aromatic carbocycles. The van der Waals surface area contributed by atoms with Gasteiger partial charge < -0.3 is 4.79 Å². The molecule has 96 valence electrons. The molecule has 0 aliphatic carbocycles. The van der Waals surface area contributed by atoms with E-state index in [9.17, 15) is 4.79 Å². The average Bonchev–Trinajstić information content (AvgIpc) is 2.63. The van der Waals surface area contributed by atoms with Crippen LogP contribution in [-0.4, -0.2) is 30.3 Å². The van der Waals surface area contributed by atoms with E-state index in [1.54, 1.807) is 0 Å². The Balaban J connectivity index is 1.92. The molecular weight excluding hydrogens is 246 g/mol. The van der Waals surface area contributed by atoms with Gasteiger partial charge in [-0.3, -0.25) is 4.90 Å². The third kappa shape index (κ3) is 1.88. The molecule has 2 aliphatic heterocycles. The van der Waals surface area contributed by atoms with Crippen molar-refractivity contribution in [2.24, 2.45) is 5.92 Å². The first-order valence-electron chi connectivity index (χ1n) is 6.63. The summed E-state index contributed by atoms with van der Waals surface area (Å²) in [5, 5.41) is 0.761. The maximum Gasteiger partial charge on any atom is 0.125 e. The summed E-state index contributed by atoms with van der Waals surface area (Å²) in [6.45, 7) is 0. The van der Waals surface area contributed by atoms with E-state index >= 15 is 0 Å². The fraction of sp³-hybridized carbons (Fsp3) is 0.533. The van der Waals surface area contributed by atoms with Gasteiger partial charge in [-0.2, -0.15) is 0 Å². The number of nitrogens with zero attached hydrogens (tertiary/aromatic N) is 1. The molecular formula is C15H18ClNO. The van der Waals surface area contributed by atoms with E-state index in [0.29, 0.717) is 18.0 Å². The normalized spacial score (nSPS) is 35.7. The number of rotatable bonds is 2. The number of hydrogen-bond donors (Lipinski definition) is 0. The van der Waals surface area contributed by atoms with Crippen molar-refractivity contribution in [1.82, 2.24) is 4.90 Å². The summed E-state index contributed by atoms with van der Waals surface area (Å²) in [6, 6.07) is 9.09. The summed E-state index contributed by atoms with van der Waals surface area (Å²) in [5.74, 6) is 0.503. The van der Waals surface area contributed by atoms with E-state index in [1.807, 2.05) is 12.1 Å². The fourth-order valence-corrected chi connectivity index (χ4v) is 3.89. The highest BCUT2D eigenvalue weighted by atomic mass is 35.5. The van der Waals surface area contributed by atoms with Crippen molar-refractivity contribution in [3.8, 4) is 0 Å². The number of aldehydes is 1.